The Hall–Kier alpha value is -2.43. The second kappa shape index (κ2) is 8.97. The van der Waals surface area contributed by atoms with E-state index in [2.05, 4.69) is 15.3 Å². The average molecular weight is 452 g/mol. The predicted molar refractivity (Wildman–Crippen MR) is 121 cm³/mol. The van der Waals surface area contributed by atoms with Gasteiger partial charge in [-0.15, -0.1) is 0 Å². The van der Waals surface area contributed by atoms with Gasteiger partial charge in [0.25, 0.3) is 0 Å². The molecule has 12 heteroatoms. The zero-order chi connectivity index (χ0) is 22.8. The highest BCUT2D eigenvalue weighted by Crippen LogP contribution is 2.34. The van der Waals surface area contributed by atoms with Gasteiger partial charge in [0.2, 0.25) is 13.5 Å². The van der Waals surface area contributed by atoms with Gasteiger partial charge in [-0.25, -0.2) is 9.97 Å². The first-order chi connectivity index (χ1) is 14.5. The number of nitrogens with two attached hydrogens (primary N) is 1. The highest BCUT2D eigenvalue weighted by molar-refractivity contribution is 7.53. The second-order valence-electron chi connectivity index (χ2n) is 7.87. The molecule has 1 aromatic carbocycles. The first-order valence-corrected chi connectivity index (χ1v) is 11.7. The highest BCUT2D eigenvalue weighted by atomic mass is 31.2. The summed E-state index contributed by atoms with van der Waals surface area (Å²) in [7, 11) is -1.80. The topological polar surface area (TPSA) is 172 Å². The van der Waals surface area contributed by atoms with Gasteiger partial charge >= 0.3 is 0 Å². The van der Waals surface area contributed by atoms with E-state index in [1.165, 1.54) is 0 Å². The van der Waals surface area contributed by atoms with Crippen LogP contribution in [0.25, 0.3) is 21.9 Å². The molecule has 7 N–H and O–H groups in total. The first kappa shape index (κ1) is 23.2. The number of aromatic nitrogens is 3. The van der Waals surface area contributed by atoms with Crippen molar-refractivity contribution in [1.82, 2.24) is 14.5 Å². The van der Waals surface area contributed by atoms with Crippen molar-refractivity contribution in [3.63, 3.8) is 0 Å². The molecule has 0 atom stereocenters. The molecule has 2 heterocycles. The Morgan fingerprint density at radius 3 is 2.61 bits per heavy atom. The lowest BCUT2D eigenvalue weighted by atomic mass is 10.1. The van der Waals surface area contributed by atoms with Gasteiger partial charge in [0.1, 0.15) is 17.9 Å². The van der Waals surface area contributed by atoms with Gasteiger partial charge in [0.05, 0.1) is 42.6 Å². The molecule has 0 aliphatic rings. The van der Waals surface area contributed by atoms with Crippen LogP contribution in [0.5, 0.6) is 5.75 Å². The van der Waals surface area contributed by atoms with Crippen LogP contribution in [0.1, 0.15) is 13.8 Å². The SMILES string of the molecule is CNc1nc2c(N)nc3cc(OCCOCCP(=N)(O)O)ccc3c2n1CC(C)(C)O. The van der Waals surface area contributed by atoms with E-state index in [1.807, 2.05) is 16.7 Å². The lowest BCUT2D eigenvalue weighted by Crippen LogP contribution is -2.26. The van der Waals surface area contributed by atoms with Gasteiger partial charge in [0, 0.05) is 18.5 Å². The van der Waals surface area contributed by atoms with Crippen LogP contribution >= 0.6 is 7.51 Å². The molecule has 0 aliphatic heterocycles. The van der Waals surface area contributed by atoms with Crippen LogP contribution in [0.4, 0.5) is 11.8 Å². The van der Waals surface area contributed by atoms with Crippen molar-refractivity contribution in [2.75, 3.05) is 44.1 Å². The van der Waals surface area contributed by atoms with E-state index in [0.29, 0.717) is 29.3 Å². The second-order valence-corrected chi connectivity index (χ2v) is 9.78. The molecule has 0 saturated carbocycles. The summed E-state index contributed by atoms with van der Waals surface area (Å²) in [6.45, 7) is 4.36. The van der Waals surface area contributed by atoms with Crippen molar-refractivity contribution in [3.05, 3.63) is 18.2 Å². The lowest BCUT2D eigenvalue weighted by molar-refractivity contribution is 0.0633. The molecule has 0 spiro atoms. The van der Waals surface area contributed by atoms with Crippen LogP contribution in [0, 0.1) is 5.16 Å². The van der Waals surface area contributed by atoms with Crippen molar-refractivity contribution >= 4 is 41.2 Å². The Morgan fingerprint density at radius 2 is 1.97 bits per heavy atom. The van der Waals surface area contributed by atoms with Crippen LogP contribution in [-0.2, 0) is 11.3 Å². The van der Waals surface area contributed by atoms with Crippen LogP contribution in [0.3, 0.4) is 0 Å². The lowest BCUT2D eigenvalue weighted by Gasteiger charge is -2.20. The molecule has 0 amide bonds. The third-order valence-corrected chi connectivity index (χ3v) is 5.29. The van der Waals surface area contributed by atoms with Crippen molar-refractivity contribution in [1.29, 1.82) is 5.16 Å². The van der Waals surface area contributed by atoms with E-state index < -0.39 is 13.1 Å². The molecule has 3 rings (SSSR count). The average Bonchev–Trinajstić information content (AvgIpc) is 3.01. The van der Waals surface area contributed by atoms with Gasteiger partial charge in [-0.1, -0.05) is 0 Å². The molecule has 170 valence electrons. The van der Waals surface area contributed by atoms with E-state index in [4.69, 9.17) is 30.2 Å². The van der Waals surface area contributed by atoms with Crippen molar-refractivity contribution in [3.8, 4) is 5.75 Å². The van der Waals surface area contributed by atoms with Crippen LogP contribution in [-0.4, -0.2) is 68.1 Å². The van der Waals surface area contributed by atoms with Crippen LogP contribution in [0.15, 0.2) is 18.2 Å². The minimum absolute atomic E-state index is 0.0838. The third-order valence-electron chi connectivity index (χ3n) is 4.49. The number of rotatable bonds is 10. The van der Waals surface area contributed by atoms with Crippen molar-refractivity contribution in [2.24, 2.45) is 0 Å². The standard InChI is InChI=1S/C19H29N6O5P/c1-19(2,26)11-25-16-13-5-4-12(30-7-6-29-8-9-31(21,27)28)10-14(13)23-17(20)15(16)24-18(25)22-3/h4-5,10,26H,6-9,11H2,1-3H3,(H2,20,23)(H,22,24)(H3,21,27,28). The number of ether oxygens (including phenoxy) is 2. The van der Waals surface area contributed by atoms with E-state index in [1.54, 1.807) is 27.0 Å². The molecule has 31 heavy (non-hydrogen) atoms. The minimum atomic E-state index is -3.56. The summed E-state index contributed by atoms with van der Waals surface area (Å²) in [5, 5.41) is 21.3. The van der Waals surface area contributed by atoms with E-state index in [-0.39, 0.29) is 31.8 Å². The number of anilines is 2. The summed E-state index contributed by atoms with van der Waals surface area (Å²) >= 11 is 0. The summed E-state index contributed by atoms with van der Waals surface area (Å²) in [5.41, 5.74) is 7.18. The number of aliphatic hydroxyl groups is 1. The number of nitrogens with one attached hydrogen (secondary N) is 2. The van der Waals surface area contributed by atoms with Gasteiger partial charge in [-0.3, -0.25) is 5.16 Å². The number of hydrogen-bond donors (Lipinski definition) is 6. The zero-order valence-electron chi connectivity index (χ0n) is 17.8. The quantitative estimate of drug-likeness (QED) is 0.199. The molecular weight excluding hydrogens is 423 g/mol. The number of fused-ring (bicyclic) bond motifs is 3. The number of hydrogen-bond acceptors (Lipinski definition) is 8. The fourth-order valence-electron chi connectivity index (χ4n) is 3.23. The Balaban J connectivity index is 1.84. The summed E-state index contributed by atoms with van der Waals surface area (Å²) in [6.07, 6.45) is -0.102. The van der Waals surface area contributed by atoms with Gasteiger partial charge in [-0.05, 0) is 26.0 Å². The molecular formula is C19H29N6O5P. The fraction of sp³-hybridized carbons (Fsp3) is 0.474. The minimum Gasteiger partial charge on any atom is -0.491 e. The molecule has 0 saturated heterocycles. The van der Waals surface area contributed by atoms with Crippen molar-refractivity contribution in [2.45, 2.75) is 26.0 Å². The van der Waals surface area contributed by atoms with Gasteiger partial charge < -0.3 is 40.0 Å². The number of imidazole rings is 1. The molecule has 0 bridgehead atoms. The first-order valence-electron chi connectivity index (χ1n) is 9.77. The summed E-state index contributed by atoms with van der Waals surface area (Å²) < 4.78 is 12.8. The normalized spacial score (nSPS) is 12.6. The fourth-order valence-corrected chi connectivity index (χ4v) is 3.61. The summed E-state index contributed by atoms with van der Waals surface area (Å²) in [4.78, 5) is 27.1. The number of pyridine rings is 1. The summed E-state index contributed by atoms with van der Waals surface area (Å²) in [5.74, 6) is 1.45. The van der Waals surface area contributed by atoms with Crippen LogP contribution < -0.4 is 15.8 Å². The molecule has 0 unspecified atom stereocenters. The number of benzene rings is 1. The van der Waals surface area contributed by atoms with Gasteiger partial charge in [0.15, 0.2) is 5.82 Å². The summed E-state index contributed by atoms with van der Waals surface area (Å²) in [6, 6.07) is 5.45. The Labute approximate surface area is 179 Å². The van der Waals surface area contributed by atoms with E-state index in [0.717, 1.165) is 10.9 Å². The maximum atomic E-state index is 10.4. The predicted octanol–water partition coefficient (Wildman–Crippen LogP) is 1.97. The highest BCUT2D eigenvalue weighted by Gasteiger charge is 2.22. The molecule has 0 aliphatic carbocycles. The molecule has 0 radical (unpaired) electrons. The molecule has 0 fully saturated rings. The van der Waals surface area contributed by atoms with E-state index >= 15 is 0 Å². The van der Waals surface area contributed by atoms with E-state index in [9.17, 15) is 5.11 Å². The number of nitrogen functional groups attached to an aromatic ring is 1. The van der Waals surface area contributed by atoms with Crippen molar-refractivity contribution < 1.29 is 24.4 Å². The largest absolute Gasteiger partial charge is 0.491 e. The zero-order valence-corrected chi connectivity index (χ0v) is 18.7. The molecule has 3 aromatic rings. The monoisotopic (exact) mass is 452 g/mol. The third kappa shape index (κ3) is 5.84. The maximum absolute atomic E-state index is 10.4. The van der Waals surface area contributed by atoms with Gasteiger partial charge in [-0.2, -0.15) is 0 Å². The Morgan fingerprint density at radius 1 is 1.23 bits per heavy atom. The van der Waals surface area contributed by atoms with Crippen LogP contribution in [0.2, 0.25) is 0 Å². The molecule has 2 aromatic heterocycles. The Bertz CT molecular complexity index is 1120. The Kier molecular flexibility index (Phi) is 6.73. The smallest absolute Gasteiger partial charge is 0.206 e. The maximum Gasteiger partial charge on any atom is 0.206 e. The number of nitrogens with zero attached hydrogens (tertiary/aromatic N) is 3. The molecule has 11 nitrogen and oxygen atoms in total.